The van der Waals surface area contributed by atoms with Gasteiger partial charge in [-0.25, -0.2) is 0 Å². The second kappa shape index (κ2) is 7.94. The molecular formula is C16H20N5O2S2+. The quantitative estimate of drug-likeness (QED) is 0.499. The van der Waals surface area contributed by atoms with Crippen LogP contribution in [0.2, 0.25) is 0 Å². The van der Waals surface area contributed by atoms with Gasteiger partial charge in [-0.2, -0.15) is 4.52 Å². The van der Waals surface area contributed by atoms with E-state index in [2.05, 4.69) is 34.9 Å². The summed E-state index contributed by atoms with van der Waals surface area (Å²) in [5.74, 6) is 1.04. The van der Waals surface area contributed by atoms with Gasteiger partial charge in [-0.3, -0.25) is 4.79 Å². The largest absolute Gasteiger partial charge is 0.460 e. The van der Waals surface area contributed by atoms with Crippen LogP contribution < -0.4 is 5.73 Å². The number of hydrogen-bond donors (Lipinski definition) is 1. The summed E-state index contributed by atoms with van der Waals surface area (Å²) in [4.78, 5) is 12.6. The molecule has 0 saturated carbocycles. The zero-order valence-corrected chi connectivity index (χ0v) is 15.7. The lowest BCUT2D eigenvalue weighted by atomic mass is 10.1. The van der Waals surface area contributed by atoms with Crippen LogP contribution >= 0.6 is 23.1 Å². The maximum Gasteiger partial charge on any atom is 0.316 e. The van der Waals surface area contributed by atoms with Gasteiger partial charge in [0.05, 0.1) is 5.75 Å². The number of ether oxygens (including phenoxy) is 1. The maximum atomic E-state index is 11.9. The van der Waals surface area contributed by atoms with E-state index in [9.17, 15) is 4.79 Å². The molecule has 1 atom stereocenters. The molecule has 0 amide bonds. The van der Waals surface area contributed by atoms with Crippen LogP contribution in [-0.2, 0) is 16.1 Å². The number of quaternary nitrogens is 1. The first-order valence-electron chi connectivity index (χ1n) is 7.92. The molecule has 0 bridgehead atoms. The van der Waals surface area contributed by atoms with E-state index in [4.69, 9.17) is 4.74 Å². The molecule has 25 heavy (non-hydrogen) atoms. The summed E-state index contributed by atoms with van der Waals surface area (Å²) in [6.45, 7) is 4.46. The fraction of sp³-hybridized carbons (Fsp3) is 0.375. The first kappa shape index (κ1) is 17.8. The Morgan fingerprint density at radius 2 is 2.08 bits per heavy atom. The number of nitrogens with zero attached hydrogens (tertiary/aromatic N) is 4. The van der Waals surface area contributed by atoms with E-state index in [0.29, 0.717) is 10.9 Å². The van der Waals surface area contributed by atoms with Gasteiger partial charge in [-0.1, -0.05) is 67.3 Å². The Bertz CT molecular complexity index is 847. The predicted octanol–water partition coefficient (Wildman–Crippen LogP) is 1.96. The second-order valence-electron chi connectivity index (χ2n) is 5.91. The van der Waals surface area contributed by atoms with Gasteiger partial charge in [0.15, 0.2) is 4.34 Å². The standard InChI is InChI=1S/C16H19N5O2S2/c1-10(2)13(17)14-18-19-15-21(14)20-16(25-15)24-9-12(22)23-8-11-6-4-3-5-7-11/h3-7,10,13H,8-9,17H2,1-2H3/p+1/t13-/m0/s1. The Kier molecular flexibility index (Phi) is 5.67. The number of carbonyl (C=O) groups excluding carboxylic acids is 1. The number of aromatic nitrogens is 4. The molecule has 2 heterocycles. The lowest BCUT2D eigenvalue weighted by Crippen LogP contribution is -2.56. The van der Waals surface area contributed by atoms with Crippen molar-refractivity contribution in [2.24, 2.45) is 5.92 Å². The van der Waals surface area contributed by atoms with E-state index in [1.54, 1.807) is 4.52 Å². The van der Waals surface area contributed by atoms with Crippen molar-refractivity contribution in [1.82, 2.24) is 19.8 Å². The van der Waals surface area contributed by atoms with E-state index in [1.807, 2.05) is 30.3 Å². The zero-order chi connectivity index (χ0) is 17.8. The number of hydrogen-bond acceptors (Lipinski definition) is 7. The van der Waals surface area contributed by atoms with Gasteiger partial charge in [0.1, 0.15) is 12.6 Å². The van der Waals surface area contributed by atoms with Gasteiger partial charge in [0.2, 0.25) is 10.8 Å². The summed E-state index contributed by atoms with van der Waals surface area (Å²) in [7, 11) is 0. The predicted molar refractivity (Wildman–Crippen MR) is 96.1 cm³/mol. The van der Waals surface area contributed by atoms with Gasteiger partial charge >= 0.3 is 5.97 Å². The van der Waals surface area contributed by atoms with Gasteiger partial charge in [-0.05, 0) is 5.56 Å². The molecule has 0 unspecified atom stereocenters. The first-order valence-corrected chi connectivity index (χ1v) is 9.72. The molecule has 1 aromatic carbocycles. The van der Waals surface area contributed by atoms with Crippen LogP contribution in [0.3, 0.4) is 0 Å². The van der Waals surface area contributed by atoms with Gasteiger partial charge in [0, 0.05) is 5.92 Å². The van der Waals surface area contributed by atoms with Crippen molar-refractivity contribution < 1.29 is 15.3 Å². The number of benzene rings is 1. The van der Waals surface area contributed by atoms with Crippen LogP contribution in [0.25, 0.3) is 4.96 Å². The Hall–Kier alpha value is -1.97. The third kappa shape index (κ3) is 4.36. The topological polar surface area (TPSA) is 97.0 Å². The number of esters is 1. The Morgan fingerprint density at radius 1 is 1.32 bits per heavy atom. The highest BCUT2D eigenvalue weighted by Gasteiger charge is 2.23. The molecule has 0 radical (unpaired) electrons. The Morgan fingerprint density at radius 3 is 2.80 bits per heavy atom. The van der Waals surface area contributed by atoms with E-state index in [1.165, 1.54) is 23.1 Å². The number of carbonyl (C=O) groups is 1. The average molecular weight is 379 g/mol. The molecule has 0 aliphatic rings. The molecule has 3 aromatic rings. The fourth-order valence-electron chi connectivity index (χ4n) is 2.10. The first-order chi connectivity index (χ1) is 12.0. The number of rotatable bonds is 7. The maximum absolute atomic E-state index is 11.9. The van der Waals surface area contributed by atoms with E-state index in [0.717, 1.165) is 15.7 Å². The summed E-state index contributed by atoms with van der Waals surface area (Å²) < 4.78 is 7.76. The van der Waals surface area contributed by atoms with Crippen LogP contribution in [0.4, 0.5) is 0 Å². The molecule has 0 aliphatic heterocycles. The fourth-order valence-corrected chi connectivity index (χ4v) is 3.78. The highest BCUT2D eigenvalue weighted by molar-refractivity contribution is 8.01. The SMILES string of the molecule is CC(C)[C@H]([NH3+])c1nnc2sc(SCC(=O)OCc3ccccc3)nn12. The van der Waals surface area contributed by atoms with Crippen molar-refractivity contribution in [3.05, 3.63) is 41.7 Å². The lowest BCUT2D eigenvalue weighted by Gasteiger charge is -2.08. The van der Waals surface area contributed by atoms with E-state index < -0.39 is 0 Å². The van der Waals surface area contributed by atoms with Crippen LogP contribution in [-0.4, -0.2) is 31.5 Å². The van der Waals surface area contributed by atoms with E-state index in [-0.39, 0.29) is 24.4 Å². The summed E-state index contributed by atoms with van der Waals surface area (Å²) in [5, 5.41) is 12.8. The molecule has 132 valence electrons. The molecule has 7 nitrogen and oxygen atoms in total. The Labute approximate surface area is 153 Å². The molecule has 3 N–H and O–H groups in total. The van der Waals surface area contributed by atoms with Crippen molar-refractivity contribution in [1.29, 1.82) is 0 Å². The Balaban J connectivity index is 1.57. The highest BCUT2D eigenvalue weighted by atomic mass is 32.2. The molecule has 0 aliphatic carbocycles. The van der Waals surface area contributed by atoms with Gasteiger partial charge in [-0.15, -0.1) is 15.3 Å². The minimum atomic E-state index is -0.266. The van der Waals surface area contributed by atoms with Crippen molar-refractivity contribution in [3.8, 4) is 0 Å². The minimum absolute atomic E-state index is 0.0192. The smallest absolute Gasteiger partial charge is 0.316 e. The second-order valence-corrected chi connectivity index (χ2v) is 8.08. The molecule has 3 rings (SSSR count). The van der Waals surface area contributed by atoms with Crippen LogP contribution in [0.5, 0.6) is 0 Å². The number of thioether (sulfide) groups is 1. The van der Waals surface area contributed by atoms with Crippen molar-refractivity contribution >= 4 is 34.0 Å². The normalized spacial score (nSPS) is 12.6. The van der Waals surface area contributed by atoms with E-state index >= 15 is 0 Å². The van der Waals surface area contributed by atoms with Crippen LogP contribution in [0.1, 0.15) is 31.3 Å². The monoisotopic (exact) mass is 378 g/mol. The van der Waals surface area contributed by atoms with Crippen molar-refractivity contribution in [2.75, 3.05) is 5.75 Å². The summed E-state index contributed by atoms with van der Waals surface area (Å²) in [6, 6.07) is 9.64. The van der Waals surface area contributed by atoms with Gasteiger partial charge < -0.3 is 10.5 Å². The average Bonchev–Trinajstić information content (AvgIpc) is 3.18. The summed E-state index contributed by atoms with van der Waals surface area (Å²) >= 11 is 2.76. The molecule has 9 heteroatoms. The molecule has 0 spiro atoms. The summed E-state index contributed by atoms with van der Waals surface area (Å²) in [5.41, 5.74) is 5.10. The lowest BCUT2D eigenvalue weighted by molar-refractivity contribution is -0.440. The highest BCUT2D eigenvalue weighted by Crippen LogP contribution is 2.26. The van der Waals surface area contributed by atoms with Crippen molar-refractivity contribution in [3.63, 3.8) is 0 Å². The van der Waals surface area contributed by atoms with Crippen LogP contribution in [0, 0.1) is 5.92 Å². The number of fused-ring (bicyclic) bond motifs is 1. The molecule has 2 aromatic heterocycles. The van der Waals surface area contributed by atoms with Crippen molar-refractivity contribution in [2.45, 2.75) is 30.8 Å². The molecule has 0 fully saturated rings. The molecule has 0 saturated heterocycles. The summed E-state index contributed by atoms with van der Waals surface area (Å²) in [6.07, 6.45) is 0. The van der Waals surface area contributed by atoms with Gasteiger partial charge in [0.25, 0.3) is 0 Å². The van der Waals surface area contributed by atoms with Crippen LogP contribution in [0.15, 0.2) is 34.7 Å². The minimum Gasteiger partial charge on any atom is -0.460 e. The molecular weight excluding hydrogens is 358 g/mol. The zero-order valence-electron chi connectivity index (χ0n) is 14.1. The third-order valence-electron chi connectivity index (χ3n) is 3.69. The third-order valence-corrected chi connectivity index (χ3v) is 5.69.